The van der Waals surface area contributed by atoms with E-state index in [1.165, 1.54) is 0 Å². The topological polar surface area (TPSA) is 71.2 Å². The molecule has 0 aliphatic carbocycles. The molecule has 0 radical (unpaired) electrons. The molecule has 1 saturated heterocycles. The molecule has 2 N–H and O–H groups in total. The van der Waals surface area contributed by atoms with E-state index in [2.05, 4.69) is 60.0 Å². The fraction of sp³-hybridized carbons (Fsp3) is 0.227. The van der Waals surface area contributed by atoms with Gasteiger partial charge in [-0.15, -0.1) is 0 Å². The van der Waals surface area contributed by atoms with Crippen LogP contribution in [0.4, 0.5) is 11.6 Å². The minimum absolute atomic E-state index is 0.552. The minimum Gasteiger partial charge on any atom is -0.383 e. The summed E-state index contributed by atoms with van der Waals surface area (Å²) in [5, 5.41) is 2.06. The molecule has 0 unspecified atom stereocenters. The summed E-state index contributed by atoms with van der Waals surface area (Å²) in [6.45, 7) is 4.45. The number of hydrogen-bond donors (Lipinski definition) is 1. The number of nitrogens with two attached hydrogens (primary N) is 1. The van der Waals surface area contributed by atoms with Crippen LogP contribution in [0.2, 0.25) is 0 Å². The molecule has 2 aromatic heterocycles. The third kappa shape index (κ3) is 3.75. The van der Waals surface area contributed by atoms with Crippen LogP contribution < -0.4 is 10.6 Å². The first-order valence-corrected chi connectivity index (χ1v) is 10.5. The van der Waals surface area contributed by atoms with Crippen molar-refractivity contribution in [2.45, 2.75) is 6.54 Å². The third-order valence-corrected chi connectivity index (χ3v) is 5.87. The molecular weight excluding hydrogens is 428 g/mol. The number of para-hydroxylation sites is 1. The zero-order valence-corrected chi connectivity index (χ0v) is 17.5. The molecule has 7 heteroatoms. The van der Waals surface area contributed by atoms with Crippen LogP contribution in [0, 0.1) is 0 Å². The Balaban J connectivity index is 1.27. The molecule has 3 heterocycles. The van der Waals surface area contributed by atoms with E-state index in [1.807, 2.05) is 30.3 Å². The smallest absolute Gasteiger partial charge is 0.145 e. The first-order chi connectivity index (χ1) is 14.2. The quantitative estimate of drug-likeness (QED) is 0.513. The lowest BCUT2D eigenvalue weighted by atomic mass is 10.2. The van der Waals surface area contributed by atoms with Gasteiger partial charge in [0.2, 0.25) is 0 Å². The maximum atomic E-state index is 6.13. The van der Waals surface area contributed by atoms with Crippen molar-refractivity contribution in [3.63, 3.8) is 0 Å². The van der Waals surface area contributed by atoms with Gasteiger partial charge in [0.25, 0.3) is 0 Å². The van der Waals surface area contributed by atoms with Crippen LogP contribution in [-0.4, -0.2) is 46.0 Å². The number of anilines is 2. The first kappa shape index (κ1) is 18.3. The van der Waals surface area contributed by atoms with Gasteiger partial charge in [-0.3, -0.25) is 4.90 Å². The molecule has 0 spiro atoms. The van der Waals surface area contributed by atoms with E-state index >= 15 is 0 Å². The Morgan fingerprint density at radius 1 is 0.862 bits per heavy atom. The van der Waals surface area contributed by atoms with Crippen LogP contribution in [-0.2, 0) is 6.54 Å². The molecule has 5 rings (SSSR count). The van der Waals surface area contributed by atoms with E-state index in [9.17, 15) is 0 Å². The van der Waals surface area contributed by atoms with Gasteiger partial charge in [-0.05, 0) is 42.5 Å². The molecule has 0 atom stereocenters. The average Bonchev–Trinajstić information content (AvgIpc) is 2.74. The molecule has 1 fully saturated rings. The molecule has 0 amide bonds. The lowest BCUT2D eigenvalue weighted by molar-refractivity contribution is 0.244. The van der Waals surface area contributed by atoms with Gasteiger partial charge in [-0.1, -0.05) is 28.1 Å². The molecule has 29 heavy (non-hydrogen) atoms. The zero-order valence-electron chi connectivity index (χ0n) is 15.9. The van der Waals surface area contributed by atoms with E-state index in [4.69, 9.17) is 10.7 Å². The number of piperazine rings is 1. The van der Waals surface area contributed by atoms with Crippen molar-refractivity contribution in [1.29, 1.82) is 0 Å². The van der Waals surface area contributed by atoms with Crippen molar-refractivity contribution in [3.8, 4) is 0 Å². The summed E-state index contributed by atoms with van der Waals surface area (Å²) in [7, 11) is 0. The predicted octanol–water partition coefficient (Wildman–Crippen LogP) is 3.84. The van der Waals surface area contributed by atoms with E-state index < -0.39 is 0 Å². The van der Waals surface area contributed by atoms with Gasteiger partial charge < -0.3 is 10.6 Å². The summed E-state index contributed by atoms with van der Waals surface area (Å²) in [6, 6.07) is 18.3. The highest BCUT2D eigenvalue weighted by Crippen LogP contribution is 2.23. The van der Waals surface area contributed by atoms with E-state index in [0.29, 0.717) is 12.4 Å². The predicted molar refractivity (Wildman–Crippen MR) is 121 cm³/mol. The monoisotopic (exact) mass is 448 g/mol. The van der Waals surface area contributed by atoms with Gasteiger partial charge in [0.1, 0.15) is 17.5 Å². The molecule has 1 aliphatic heterocycles. The average molecular weight is 449 g/mol. The normalized spacial score (nSPS) is 15.3. The summed E-state index contributed by atoms with van der Waals surface area (Å²) < 4.78 is 1.07. The molecule has 1 aliphatic rings. The summed E-state index contributed by atoms with van der Waals surface area (Å²) >= 11 is 3.52. The number of halogens is 1. The van der Waals surface area contributed by atoms with Crippen molar-refractivity contribution >= 4 is 49.4 Å². The van der Waals surface area contributed by atoms with Gasteiger partial charge in [0, 0.05) is 41.4 Å². The summed E-state index contributed by atoms with van der Waals surface area (Å²) in [5.74, 6) is 2.37. The summed E-state index contributed by atoms with van der Waals surface area (Å²) in [5.41, 5.74) is 8.05. The highest BCUT2D eigenvalue weighted by molar-refractivity contribution is 9.10. The SMILES string of the molecule is Nc1nc(CN2CCN(c3ccc4cc(Br)ccc4n3)CC2)nc2ccccc12. The van der Waals surface area contributed by atoms with Crippen LogP contribution in [0.15, 0.2) is 59.1 Å². The Bertz CT molecular complexity index is 1190. The Hall–Kier alpha value is -2.77. The maximum Gasteiger partial charge on any atom is 0.145 e. The third-order valence-electron chi connectivity index (χ3n) is 5.38. The number of fused-ring (bicyclic) bond motifs is 2. The van der Waals surface area contributed by atoms with Gasteiger partial charge in [0.15, 0.2) is 0 Å². The van der Waals surface area contributed by atoms with Gasteiger partial charge in [-0.25, -0.2) is 15.0 Å². The standard InChI is InChI=1S/C22H21BrN6/c23-16-6-7-18-15(13-16)5-8-21(26-18)29-11-9-28(10-12-29)14-20-25-19-4-2-1-3-17(19)22(24)27-20/h1-8,13H,9-12,14H2,(H2,24,25,27). The molecule has 4 aromatic rings. The highest BCUT2D eigenvalue weighted by Gasteiger charge is 2.19. The second-order valence-corrected chi connectivity index (χ2v) is 8.23. The number of benzene rings is 2. The van der Waals surface area contributed by atoms with Gasteiger partial charge in [0.05, 0.1) is 17.6 Å². The number of aromatic nitrogens is 3. The summed E-state index contributed by atoms with van der Waals surface area (Å²) in [4.78, 5) is 18.7. The lowest BCUT2D eigenvalue weighted by Crippen LogP contribution is -2.46. The zero-order chi connectivity index (χ0) is 19.8. The Morgan fingerprint density at radius 2 is 1.69 bits per heavy atom. The second-order valence-electron chi connectivity index (χ2n) is 7.31. The van der Waals surface area contributed by atoms with Crippen molar-refractivity contribution in [2.75, 3.05) is 36.8 Å². The molecule has 0 bridgehead atoms. The number of hydrogen-bond acceptors (Lipinski definition) is 6. The minimum atomic E-state index is 0.552. The number of rotatable bonds is 3. The number of nitrogens with zero attached hydrogens (tertiary/aromatic N) is 5. The van der Waals surface area contributed by atoms with Gasteiger partial charge in [-0.2, -0.15) is 0 Å². The molecule has 2 aromatic carbocycles. The van der Waals surface area contributed by atoms with E-state index in [0.717, 1.165) is 64.1 Å². The summed E-state index contributed by atoms with van der Waals surface area (Å²) in [6.07, 6.45) is 0. The lowest BCUT2D eigenvalue weighted by Gasteiger charge is -2.35. The van der Waals surface area contributed by atoms with Crippen LogP contribution >= 0.6 is 15.9 Å². The van der Waals surface area contributed by atoms with Crippen molar-refractivity contribution in [1.82, 2.24) is 19.9 Å². The van der Waals surface area contributed by atoms with E-state index in [-0.39, 0.29) is 0 Å². The Kier molecular flexibility index (Phi) is 4.77. The largest absolute Gasteiger partial charge is 0.383 e. The molecular formula is C22H21BrN6. The van der Waals surface area contributed by atoms with Gasteiger partial charge >= 0.3 is 0 Å². The Labute approximate surface area is 177 Å². The second kappa shape index (κ2) is 7.57. The molecule has 0 saturated carbocycles. The van der Waals surface area contributed by atoms with E-state index in [1.54, 1.807) is 0 Å². The molecule has 146 valence electrons. The fourth-order valence-corrected chi connectivity index (χ4v) is 4.20. The van der Waals surface area contributed by atoms with Crippen LogP contribution in [0.5, 0.6) is 0 Å². The van der Waals surface area contributed by atoms with Crippen molar-refractivity contribution < 1.29 is 0 Å². The Morgan fingerprint density at radius 3 is 2.55 bits per heavy atom. The molecule has 6 nitrogen and oxygen atoms in total. The number of pyridine rings is 1. The number of nitrogen functional groups attached to an aromatic ring is 1. The maximum absolute atomic E-state index is 6.13. The van der Waals surface area contributed by atoms with Crippen molar-refractivity contribution in [3.05, 3.63) is 64.9 Å². The van der Waals surface area contributed by atoms with Crippen LogP contribution in [0.3, 0.4) is 0 Å². The first-order valence-electron chi connectivity index (χ1n) is 9.70. The van der Waals surface area contributed by atoms with Crippen LogP contribution in [0.25, 0.3) is 21.8 Å². The highest BCUT2D eigenvalue weighted by atomic mass is 79.9. The van der Waals surface area contributed by atoms with Crippen molar-refractivity contribution in [2.24, 2.45) is 0 Å². The fourth-order valence-electron chi connectivity index (χ4n) is 3.82. The van der Waals surface area contributed by atoms with Crippen LogP contribution in [0.1, 0.15) is 5.82 Å².